The maximum Gasteiger partial charge on any atom is 0.262 e. The van der Waals surface area contributed by atoms with Crippen molar-refractivity contribution in [2.45, 2.75) is 50.8 Å². The third kappa shape index (κ3) is 4.44. The Hall–Kier alpha value is -2.87. The molecule has 4 rings (SSSR count). The van der Waals surface area contributed by atoms with E-state index < -0.39 is 10.0 Å². The normalized spacial score (nSPS) is 16.3. The number of fused-ring (bicyclic) bond motifs is 1. The highest BCUT2D eigenvalue weighted by Gasteiger charge is 2.32. The molecule has 0 radical (unpaired) electrons. The predicted molar refractivity (Wildman–Crippen MR) is 121 cm³/mol. The summed E-state index contributed by atoms with van der Waals surface area (Å²) in [5.41, 5.74) is 3.42. The lowest BCUT2D eigenvalue weighted by molar-refractivity contribution is -0.122. The number of hydrogen-bond donors (Lipinski definition) is 2. The number of sulfonamides is 1. The summed E-state index contributed by atoms with van der Waals surface area (Å²) in [5, 5.41) is 2.65. The van der Waals surface area contributed by atoms with E-state index in [-0.39, 0.29) is 22.6 Å². The van der Waals surface area contributed by atoms with Crippen LogP contribution in [0.5, 0.6) is 0 Å². The van der Waals surface area contributed by atoms with Crippen LogP contribution in [0.1, 0.15) is 43.7 Å². The fourth-order valence-corrected chi connectivity index (χ4v) is 5.81. The first-order chi connectivity index (χ1) is 14.7. The second-order valence-electron chi connectivity index (χ2n) is 8.33. The molecule has 0 unspecified atom stereocenters. The van der Waals surface area contributed by atoms with Gasteiger partial charge in [0, 0.05) is 36.4 Å². The van der Waals surface area contributed by atoms with Crippen molar-refractivity contribution in [3.05, 3.63) is 47.5 Å². The molecule has 2 amide bonds. The number of nitrogens with zero attached hydrogens (tertiary/aromatic N) is 1. The molecule has 1 aliphatic heterocycles. The van der Waals surface area contributed by atoms with E-state index in [1.54, 1.807) is 25.1 Å². The molecule has 2 aliphatic rings. The van der Waals surface area contributed by atoms with Gasteiger partial charge in [0.05, 0.1) is 4.90 Å². The predicted octanol–water partition coefficient (Wildman–Crippen LogP) is 3.83. The van der Waals surface area contributed by atoms with Gasteiger partial charge < -0.3 is 10.2 Å². The van der Waals surface area contributed by atoms with Crippen LogP contribution in [0.15, 0.2) is 41.3 Å². The van der Waals surface area contributed by atoms with Crippen LogP contribution in [0.2, 0.25) is 0 Å². The number of carbonyl (C=O) groups is 2. The first-order valence-corrected chi connectivity index (χ1v) is 12.1. The second-order valence-corrected chi connectivity index (χ2v) is 9.98. The average molecular weight is 442 g/mol. The van der Waals surface area contributed by atoms with E-state index in [0.717, 1.165) is 36.9 Å². The molecule has 2 aromatic carbocycles. The first-order valence-electron chi connectivity index (χ1n) is 10.6. The first kappa shape index (κ1) is 21.4. The van der Waals surface area contributed by atoms with Crippen molar-refractivity contribution < 1.29 is 18.0 Å². The smallest absolute Gasteiger partial charge is 0.262 e. The quantitative estimate of drug-likeness (QED) is 0.737. The number of benzene rings is 2. The number of carbonyl (C=O) groups excluding carboxylic acids is 2. The fourth-order valence-electron chi connectivity index (χ4n) is 4.53. The van der Waals surface area contributed by atoms with Crippen LogP contribution in [-0.2, 0) is 26.0 Å². The Kier molecular flexibility index (Phi) is 5.75. The minimum atomic E-state index is -3.79. The van der Waals surface area contributed by atoms with E-state index in [2.05, 4.69) is 10.0 Å². The molecular formula is C23H27N3O4S. The van der Waals surface area contributed by atoms with Gasteiger partial charge in [0.1, 0.15) is 0 Å². The molecule has 0 saturated heterocycles. The van der Waals surface area contributed by atoms with E-state index >= 15 is 0 Å². The van der Waals surface area contributed by atoms with E-state index in [0.29, 0.717) is 29.9 Å². The lowest BCUT2D eigenvalue weighted by Gasteiger charge is -2.21. The van der Waals surface area contributed by atoms with Gasteiger partial charge in [0.25, 0.3) is 10.0 Å². The zero-order valence-corrected chi connectivity index (χ0v) is 18.6. The van der Waals surface area contributed by atoms with Gasteiger partial charge in [-0.1, -0.05) is 12.8 Å². The molecule has 0 spiro atoms. The van der Waals surface area contributed by atoms with E-state index in [4.69, 9.17) is 0 Å². The molecule has 1 heterocycles. The summed E-state index contributed by atoms with van der Waals surface area (Å²) in [4.78, 5) is 26.1. The summed E-state index contributed by atoms with van der Waals surface area (Å²) >= 11 is 0. The number of anilines is 3. The van der Waals surface area contributed by atoms with Crippen molar-refractivity contribution in [1.29, 1.82) is 0 Å². The van der Waals surface area contributed by atoms with Crippen molar-refractivity contribution in [3.63, 3.8) is 0 Å². The van der Waals surface area contributed by atoms with Gasteiger partial charge in [-0.05, 0) is 73.7 Å². The lowest BCUT2D eigenvalue weighted by atomic mass is 10.1. The van der Waals surface area contributed by atoms with Crippen molar-refractivity contribution in [3.8, 4) is 0 Å². The van der Waals surface area contributed by atoms with Gasteiger partial charge in [-0.15, -0.1) is 0 Å². The number of amides is 2. The van der Waals surface area contributed by atoms with Gasteiger partial charge in [0.15, 0.2) is 0 Å². The maximum atomic E-state index is 12.9. The van der Waals surface area contributed by atoms with E-state index in [9.17, 15) is 18.0 Å². The summed E-state index contributed by atoms with van der Waals surface area (Å²) < 4.78 is 28.5. The minimum Gasteiger partial charge on any atom is -0.326 e. The number of nitrogens with one attached hydrogen (secondary N) is 2. The van der Waals surface area contributed by atoms with Crippen LogP contribution < -0.4 is 14.9 Å². The van der Waals surface area contributed by atoms with Crippen LogP contribution in [0.4, 0.5) is 17.1 Å². The molecular weight excluding hydrogens is 414 g/mol. The van der Waals surface area contributed by atoms with Gasteiger partial charge in [-0.2, -0.15) is 0 Å². The van der Waals surface area contributed by atoms with Crippen LogP contribution in [-0.4, -0.2) is 26.8 Å². The third-order valence-electron chi connectivity index (χ3n) is 5.98. The molecule has 1 fully saturated rings. The molecule has 1 saturated carbocycles. The van der Waals surface area contributed by atoms with E-state index in [1.807, 2.05) is 17.0 Å². The van der Waals surface area contributed by atoms with Crippen molar-refractivity contribution >= 4 is 38.9 Å². The Labute approximate surface area is 182 Å². The highest BCUT2D eigenvalue weighted by Crippen LogP contribution is 2.35. The molecule has 2 aromatic rings. The summed E-state index contributed by atoms with van der Waals surface area (Å²) in [7, 11) is -3.79. The number of aryl methyl sites for hydroxylation is 1. The number of rotatable bonds is 5. The Morgan fingerprint density at radius 1 is 1.03 bits per heavy atom. The van der Waals surface area contributed by atoms with Gasteiger partial charge >= 0.3 is 0 Å². The zero-order chi connectivity index (χ0) is 22.2. The largest absolute Gasteiger partial charge is 0.326 e. The Bertz CT molecular complexity index is 1140. The Balaban J connectivity index is 1.52. The highest BCUT2D eigenvalue weighted by molar-refractivity contribution is 7.92. The topological polar surface area (TPSA) is 95.6 Å². The van der Waals surface area contributed by atoms with Crippen molar-refractivity contribution in [1.82, 2.24) is 0 Å². The highest BCUT2D eigenvalue weighted by atomic mass is 32.2. The molecule has 7 nitrogen and oxygen atoms in total. The minimum absolute atomic E-state index is 0.118. The van der Waals surface area contributed by atoms with Crippen molar-refractivity contribution in [2.75, 3.05) is 21.5 Å². The third-order valence-corrected chi connectivity index (χ3v) is 7.52. The maximum absolute atomic E-state index is 12.9. The summed E-state index contributed by atoms with van der Waals surface area (Å²) in [6.45, 7) is 3.73. The Morgan fingerprint density at radius 3 is 2.42 bits per heavy atom. The monoisotopic (exact) mass is 441 g/mol. The second kappa shape index (κ2) is 8.34. The molecule has 8 heteroatoms. The molecule has 0 atom stereocenters. The zero-order valence-electron chi connectivity index (χ0n) is 17.8. The average Bonchev–Trinajstić information content (AvgIpc) is 3.36. The summed E-state index contributed by atoms with van der Waals surface area (Å²) in [6.07, 6.45) is 4.87. The Morgan fingerprint density at radius 2 is 1.74 bits per heavy atom. The SMILES string of the molecule is CC(=O)Nc1ccc(S(=O)(=O)Nc2ccc3c(c2)CCN3C(=O)C2CCCC2)c(C)c1. The fraction of sp³-hybridized carbons (Fsp3) is 0.391. The van der Waals surface area contributed by atoms with Gasteiger partial charge in [0.2, 0.25) is 11.8 Å². The molecule has 0 aromatic heterocycles. The van der Waals surface area contributed by atoms with Crippen LogP contribution in [0, 0.1) is 12.8 Å². The molecule has 164 valence electrons. The van der Waals surface area contributed by atoms with Crippen LogP contribution in [0.3, 0.4) is 0 Å². The van der Waals surface area contributed by atoms with Gasteiger partial charge in [-0.3, -0.25) is 14.3 Å². The van der Waals surface area contributed by atoms with Crippen molar-refractivity contribution in [2.24, 2.45) is 5.92 Å². The standard InChI is InChI=1S/C23H27N3O4S/c1-15-13-19(24-16(2)27)8-10-22(15)31(29,30)25-20-7-9-21-18(14-20)11-12-26(21)23(28)17-5-3-4-6-17/h7-10,13-14,17,25H,3-6,11-12H2,1-2H3,(H,24,27). The van der Waals surface area contributed by atoms with Gasteiger partial charge in [-0.25, -0.2) is 8.42 Å². The summed E-state index contributed by atoms with van der Waals surface area (Å²) in [5.74, 6) is 0.0961. The molecule has 1 aliphatic carbocycles. The van der Waals surface area contributed by atoms with Crippen LogP contribution >= 0.6 is 0 Å². The lowest BCUT2D eigenvalue weighted by Crippen LogP contribution is -2.33. The summed E-state index contributed by atoms with van der Waals surface area (Å²) in [6, 6.07) is 10.0. The molecule has 0 bridgehead atoms. The molecule has 2 N–H and O–H groups in total. The van der Waals surface area contributed by atoms with E-state index in [1.165, 1.54) is 13.0 Å². The number of hydrogen-bond acceptors (Lipinski definition) is 4. The van der Waals surface area contributed by atoms with Crippen LogP contribution in [0.25, 0.3) is 0 Å². The molecule has 31 heavy (non-hydrogen) atoms.